The quantitative estimate of drug-likeness (QED) is 0.276. The second kappa shape index (κ2) is 8.89. The highest BCUT2D eigenvalue weighted by atomic mass is 35.5. The maximum Gasteiger partial charge on any atom is 0.343 e. The molecule has 8 heteroatoms. The smallest absolute Gasteiger partial charge is 0.343 e. The summed E-state index contributed by atoms with van der Waals surface area (Å²) in [4.78, 5) is 14.4. The zero-order chi connectivity index (χ0) is 20.9. The van der Waals surface area contributed by atoms with Crippen LogP contribution in [0.3, 0.4) is 0 Å². The van der Waals surface area contributed by atoms with E-state index in [0.29, 0.717) is 21.9 Å². The Morgan fingerprint density at radius 2 is 1.66 bits per heavy atom. The minimum atomic E-state index is -3.78. The second-order valence-electron chi connectivity index (χ2n) is 6.08. The lowest BCUT2D eigenvalue weighted by Crippen LogP contribution is -2.18. The van der Waals surface area contributed by atoms with Crippen molar-refractivity contribution in [3.05, 3.63) is 94.5 Å². The van der Waals surface area contributed by atoms with Gasteiger partial charge in [0.15, 0.2) is 0 Å². The maximum atomic E-state index is 12.2. The number of nitrogens with one attached hydrogen (secondary N) is 1. The van der Waals surface area contributed by atoms with Crippen molar-refractivity contribution in [3.8, 4) is 5.75 Å². The molecule has 0 saturated carbocycles. The minimum absolute atomic E-state index is 0.0533. The molecular weight excluding hydrogens is 412 g/mol. The summed E-state index contributed by atoms with van der Waals surface area (Å²) >= 11 is 5.76. The minimum Gasteiger partial charge on any atom is -0.423 e. The molecule has 0 aliphatic heterocycles. The summed E-state index contributed by atoms with van der Waals surface area (Å²) < 4.78 is 29.6. The zero-order valence-corrected chi connectivity index (χ0v) is 16.9. The largest absolute Gasteiger partial charge is 0.423 e. The summed E-state index contributed by atoms with van der Waals surface area (Å²) in [5.41, 5.74) is 1.95. The van der Waals surface area contributed by atoms with E-state index in [1.165, 1.54) is 30.5 Å². The second-order valence-corrected chi connectivity index (χ2v) is 8.18. The van der Waals surface area contributed by atoms with Crippen molar-refractivity contribution in [3.63, 3.8) is 0 Å². The van der Waals surface area contributed by atoms with Crippen LogP contribution in [0.25, 0.3) is 0 Å². The van der Waals surface area contributed by atoms with Gasteiger partial charge >= 0.3 is 5.97 Å². The molecule has 0 radical (unpaired) electrons. The SMILES string of the molecule is Cc1ccccc1C(=O)Oc1ccc(C=NNS(=O)(=O)c2ccc(Cl)cc2)cc1. The topological polar surface area (TPSA) is 84.8 Å². The molecule has 3 rings (SSSR count). The van der Waals surface area contributed by atoms with Crippen molar-refractivity contribution in [1.82, 2.24) is 4.83 Å². The van der Waals surface area contributed by atoms with Gasteiger partial charge < -0.3 is 4.74 Å². The first-order chi connectivity index (χ1) is 13.8. The van der Waals surface area contributed by atoms with Gasteiger partial charge in [0.05, 0.1) is 16.7 Å². The molecule has 1 N–H and O–H groups in total. The van der Waals surface area contributed by atoms with Crippen molar-refractivity contribution in [2.75, 3.05) is 0 Å². The molecule has 3 aromatic carbocycles. The van der Waals surface area contributed by atoms with Gasteiger partial charge in [-0.1, -0.05) is 29.8 Å². The molecule has 0 saturated heterocycles. The molecule has 0 aromatic heterocycles. The lowest BCUT2D eigenvalue weighted by atomic mass is 10.1. The summed E-state index contributed by atoms with van der Waals surface area (Å²) in [6.45, 7) is 1.83. The number of hydrazone groups is 1. The number of benzene rings is 3. The molecule has 3 aromatic rings. The highest BCUT2D eigenvalue weighted by molar-refractivity contribution is 7.89. The first kappa shape index (κ1) is 20.6. The Labute approximate surface area is 173 Å². The van der Waals surface area contributed by atoms with E-state index < -0.39 is 16.0 Å². The third-order valence-corrected chi connectivity index (χ3v) is 5.46. The van der Waals surface area contributed by atoms with Crippen LogP contribution in [0.2, 0.25) is 5.02 Å². The molecule has 29 heavy (non-hydrogen) atoms. The van der Waals surface area contributed by atoms with Crippen molar-refractivity contribution >= 4 is 33.8 Å². The van der Waals surface area contributed by atoms with Crippen LogP contribution in [0.15, 0.2) is 82.8 Å². The molecule has 0 atom stereocenters. The Morgan fingerprint density at radius 1 is 1.00 bits per heavy atom. The fraction of sp³-hybridized carbons (Fsp3) is 0.0476. The lowest BCUT2D eigenvalue weighted by Gasteiger charge is -2.06. The average molecular weight is 429 g/mol. The van der Waals surface area contributed by atoms with E-state index in [4.69, 9.17) is 16.3 Å². The molecule has 148 valence electrons. The van der Waals surface area contributed by atoms with Crippen LogP contribution < -0.4 is 9.57 Å². The third kappa shape index (κ3) is 5.43. The third-order valence-electron chi connectivity index (χ3n) is 3.97. The molecule has 0 spiro atoms. The molecule has 0 aliphatic rings. The van der Waals surface area contributed by atoms with Crippen LogP contribution in [0, 0.1) is 6.92 Å². The van der Waals surface area contributed by atoms with Crippen LogP contribution in [0.4, 0.5) is 0 Å². The number of halogens is 1. The number of rotatable bonds is 6. The van der Waals surface area contributed by atoms with E-state index in [0.717, 1.165) is 5.56 Å². The highest BCUT2D eigenvalue weighted by Crippen LogP contribution is 2.16. The van der Waals surface area contributed by atoms with Crippen molar-refractivity contribution < 1.29 is 17.9 Å². The van der Waals surface area contributed by atoms with E-state index in [-0.39, 0.29) is 4.90 Å². The van der Waals surface area contributed by atoms with E-state index in [9.17, 15) is 13.2 Å². The van der Waals surface area contributed by atoms with Gasteiger partial charge in [-0.05, 0) is 72.6 Å². The molecule has 0 unspecified atom stereocenters. The predicted molar refractivity (Wildman–Crippen MR) is 112 cm³/mol. The predicted octanol–water partition coefficient (Wildman–Crippen LogP) is 4.18. The molecule has 0 fully saturated rings. The number of nitrogens with zero attached hydrogens (tertiary/aromatic N) is 1. The molecule has 0 aliphatic carbocycles. The first-order valence-corrected chi connectivity index (χ1v) is 10.4. The van der Waals surface area contributed by atoms with Gasteiger partial charge in [0.25, 0.3) is 10.0 Å². The number of carbonyl (C=O) groups is 1. The van der Waals surface area contributed by atoms with E-state index in [2.05, 4.69) is 9.93 Å². The van der Waals surface area contributed by atoms with E-state index in [1.54, 1.807) is 36.4 Å². The number of carbonyl (C=O) groups excluding carboxylic acids is 1. The van der Waals surface area contributed by atoms with Crippen molar-refractivity contribution in [1.29, 1.82) is 0 Å². The van der Waals surface area contributed by atoms with Crippen LogP contribution in [-0.4, -0.2) is 20.6 Å². The average Bonchev–Trinajstić information content (AvgIpc) is 2.70. The van der Waals surface area contributed by atoms with Crippen molar-refractivity contribution in [2.24, 2.45) is 5.10 Å². The molecule has 0 bridgehead atoms. The lowest BCUT2D eigenvalue weighted by molar-refractivity contribution is 0.0734. The molecular formula is C21H17ClN2O4S. The highest BCUT2D eigenvalue weighted by Gasteiger charge is 2.12. The summed E-state index contributed by atoms with van der Waals surface area (Å²) in [6, 6.07) is 19.4. The Balaban J connectivity index is 1.62. The molecule has 6 nitrogen and oxygen atoms in total. The van der Waals surface area contributed by atoms with E-state index >= 15 is 0 Å². The number of esters is 1. The number of hydrogen-bond donors (Lipinski definition) is 1. The number of aryl methyl sites for hydroxylation is 1. The van der Waals surface area contributed by atoms with Gasteiger partial charge in [-0.25, -0.2) is 9.63 Å². The van der Waals surface area contributed by atoms with Gasteiger partial charge in [0.2, 0.25) is 0 Å². The van der Waals surface area contributed by atoms with Crippen LogP contribution >= 0.6 is 11.6 Å². The summed E-state index contributed by atoms with van der Waals surface area (Å²) in [6.07, 6.45) is 1.35. The Bertz CT molecular complexity index is 1140. The number of hydrogen-bond acceptors (Lipinski definition) is 5. The standard InChI is InChI=1S/C21H17ClN2O4S/c1-15-4-2-3-5-20(15)21(25)28-18-10-6-16(7-11-18)14-23-24-29(26,27)19-12-8-17(22)9-13-19/h2-14,24H,1H3. The maximum absolute atomic E-state index is 12.2. The van der Waals surface area contributed by atoms with Crippen molar-refractivity contribution in [2.45, 2.75) is 11.8 Å². The van der Waals surface area contributed by atoms with Crippen LogP contribution in [-0.2, 0) is 10.0 Å². The summed E-state index contributed by atoms with van der Waals surface area (Å²) in [7, 11) is -3.78. The summed E-state index contributed by atoms with van der Waals surface area (Å²) in [5, 5.41) is 4.20. The zero-order valence-electron chi connectivity index (χ0n) is 15.4. The Kier molecular flexibility index (Phi) is 6.31. The fourth-order valence-electron chi connectivity index (χ4n) is 2.42. The van der Waals surface area contributed by atoms with Gasteiger partial charge in [-0.15, -0.1) is 0 Å². The van der Waals surface area contributed by atoms with Crippen LogP contribution in [0.1, 0.15) is 21.5 Å². The van der Waals surface area contributed by atoms with Crippen LogP contribution in [0.5, 0.6) is 5.75 Å². The van der Waals surface area contributed by atoms with Gasteiger partial charge in [0.1, 0.15) is 5.75 Å². The molecule has 0 heterocycles. The number of ether oxygens (including phenoxy) is 1. The van der Waals surface area contributed by atoms with Gasteiger partial charge in [-0.3, -0.25) is 0 Å². The normalized spacial score (nSPS) is 11.4. The van der Waals surface area contributed by atoms with E-state index in [1.807, 2.05) is 19.1 Å². The first-order valence-electron chi connectivity index (χ1n) is 8.53. The number of sulfonamides is 1. The van der Waals surface area contributed by atoms with Gasteiger partial charge in [-0.2, -0.15) is 13.5 Å². The summed E-state index contributed by atoms with van der Waals surface area (Å²) in [5.74, 6) is -0.0719. The fourth-order valence-corrected chi connectivity index (χ4v) is 3.34. The Morgan fingerprint density at radius 3 is 2.31 bits per heavy atom. The monoisotopic (exact) mass is 428 g/mol. The Hall–Kier alpha value is -3.16. The van der Waals surface area contributed by atoms with Gasteiger partial charge in [0, 0.05) is 5.02 Å². The molecule has 0 amide bonds.